The standard InChI is InChI=1S/C16H15F4NO3/c1-3-8(2)21-16(22)12-5-4-9(24-12)7-23-15-13(19)10(17)6-11(18)14(15)20/h4-6,8H,3,7H2,1-2H3,(H,21,22). The Morgan fingerprint density at radius 3 is 2.42 bits per heavy atom. The maximum atomic E-state index is 13.5. The first-order chi connectivity index (χ1) is 11.3. The van der Waals surface area contributed by atoms with Gasteiger partial charge in [0, 0.05) is 12.1 Å². The molecule has 0 saturated carbocycles. The van der Waals surface area contributed by atoms with E-state index in [2.05, 4.69) is 5.32 Å². The zero-order valence-electron chi connectivity index (χ0n) is 13.0. The van der Waals surface area contributed by atoms with Crippen molar-refractivity contribution in [2.75, 3.05) is 0 Å². The number of hydrogen-bond donors (Lipinski definition) is 1. The van der Waals surface area contributed by atoms with Gasteiger partial charge < -0.3 is 14.5 Å². The van der Waals surface area contributed by atoms with Crippen LogP contribution in [0.25, 0.3) is 0 Å². The van der Waals surface area contributed by atoms with E-state index < -0.39 is 41.5 Å². The van der Waals surface area contributed by atoms with Gasteiger partial charge in [-0.15, -0.1) is 0 Å². The van der Waals surface area contributed by atoms with E-state index >= 15 is 0 Å². The van der Waals surface area contributed by atoms with Crippen LogP contribution >= 0.6 is 0 Å². The fourth-order valence-corrected chi connectivity index (χ4v) is 1.80. The molecule has 0 aliphatic heterocycles. The van der Waals surface area contributed by atoms with Crippen LogP contribution in [0.3, 0.4) is 0 Å². The van der Waals surface area contributed by atoms with Gasteiger partial charge in [-0.25, -0.2) is 8.78 Å². The molecule has 1 aromatic heterocycles. The molecule has 1 unspecified atom stereocenters. The molecule has 2 rings (SSSR count). The Bertz CT molecular complexity index is 719. The summed E-state index contributed by atoms with van der Waals surface area (Å²) >= 11 is 0. The number of furan rings is 1. The summed E-state index contributed by atoms with van der Waals surface area (Å²) in [5.74, 6) is -8.02. The highest BCUT2D eigenvalue weighted by Gasteiger charge is 2.21. The molecule has 1 aromatic carbocycles. The summed E-state index contributed by atoms with van der Waals surface area (Å²) in [6, 6.07) is 2.74. The van der Waals surface area contributed by atoms with Crippen molar-refractivity contribution in [3.05, 3.63) is 53.0 Å². The van der Waals surface area contributed by atoms with Crippen LogP contribution in [0.4, 0.5) is 17.6 Å². The molecule has 0 radical (unpaired) electrons. The molecule has 0 saturated heterocycles. The lowest BCUT2D eigenvalue weighted by atomic mass is 10.2. The number of nitrogens with one attached hydrogen (secondary N) is 1. The minimum atomic E-state index is -1.64. The molecule has 0 aliphatic rings. The third-order valence-electron chi connectivity index (χ3n) is 3.31. The van der Waals surface area contributed by atoms with E-state index in [4.69, 9.17) is 9.15 Å². The summed E-state index contributed by atoms with van der Waals surface area (Å²) in [7, 11) is 0. The molecular formula is C16H15F4NO3. The van der Waals surface area contributed by atoms with Crippen molar-refractivity contribution in [3.63, 3.8) is 0 Å². The highest BCUT2D eigenvalue weighted by atomic mass is 19.2. The van der Waals surface area contributed by atoms with Crippen LogP contribution in [-0.2, 0) is 6.61 Å². The molecule has 0 spiro atoms. The topological polar surface area (TPSA) is 51.5 Å². The van der Waals surface area contributed by atoms with Crippen molar-refractivity contribution in [1.29, 1.82) is 0 Å². The van der Waals surface area contributed by atoms with E-state index in [1.165, 1.54) is 12.1 Å². The fourth-order valence-electron chi connectivity index (χ4n) is 1.80. The minimum Gasteiger partial charge on any atom is -0.479 e. The molecule has 0 fully saturated rings. The van der Waals surface area contributed by atoms with Crippen LogP contribution in [0.5, 0.6) is 5.75 Å². The molecule has 1 N–H and O–H groups in total. The molecule has 4 nitrogen and oxygen atoms in total. The van der Waals surface area contributed by atoms with Gasteiger partial charge in [0.1, 0.15) is 12.4 Å². The average Bonchev–Trinajstić information content (AvgIpc) is 3.02. The highest BCUT2D eigenvalue weighted by Crippen LogP contribution is 2.27. The maximum absolute atomic E-state index is 13.5. The van der Waals surface area contributed by atoms with Crippen molar-refractivity contribution in [3.8, 4) is 5.75 Å². The molecule has 0 aliphatic carbocycles. The number of benzene rings is 1. The quantitative estimate of drug-likeness (QED) is 0.637. The van der Waals surface area contributed by atoms with Crippen molar-refractivity contribution in [2.24, 2.45) is 0 Å². The van der Waals surface area contributed by atoms with Crippen molar-refractivity contribution < 1.29 is 31.5 Å². The van der Waals surface area contributed by atoms with Crippen molar-refractivity contribution in [2.45, 2.75) is 32.9 Å². The van der Waals surface area contributed by atoms with E-state index in [0.29, 0.717) is 0 Å². The SMILES string of the molecule is CCC(C)NC(=O)c1ccc(COc2c(F)c(F)cc(F)c2F)o1. The second-order valence-electron chi connectivity index (χ2n) is 5.13. The van der Waals surface area contributed by atoms with Gasteiger partial charge in [0.05, 0.1) is 0 Å². The Labute approximate surface area is 135 Å². The summed E-state index contributed by atoms with van der Waals surface area (Å²) in [6.45, 7) is 3.20. The van der Waals surface area contributed by atoms with Crippen LogP contribution in [0, 0.1) is 23.3 Å². The van der Waals surface area contributed by atoms with E-state index in [-0.39, 0.29) is 23.6 Å². The molecule has 1 heterocycles. The first-order valence-corrected chi connectivity index (χ1v) is 7.18. The molecule has 0 bridgehead atoms. The number of ether oxygens (including phenoxy) is 1. The normalized spacial score (nSPS) is 12.1. The third-order valence-corrected chi connectivity index (χ3v) is 3.31. The summed E-state index contributed by atoms with van der Waals surface area (Å²) in [6.07, 6.45) is 0.728. The molecule has 2 aromatic rings. The zero-order valence-corrected chi connectivity index (χ0v) is 13.0. The predicted octanol–water partition coefficient (Wildman–Crippen LogP) is 3.94. The van der Waals surface area contributed by atoms with Crippen LogP contribution < -0.4 is 10.1 Å². The molecular weight excluding hydrogens is 330 g/mol. The van der Waals surface area contributed by atoms with Gasteiger partial charge >= 0.3 is 0 Å². The fraction of sp³-hybridized carbons (Fsp3) is 0.312. The predicted molar refractivity (Wildman–Crippen MR) is 76.5 cm³/mol. The monoisotopic (exact) mass is 345 g/mol. The Hall–Kier alpha value is -2.51. The van der Waals surface area contributed by atoms with Gasteiger partial charge in [0.25, 0.3) is 5.91 Å². The molecule has 1 atom stereocenters. The Morgan fingerprint density at radius 2 is 1.83 bits per heavy atom. The summed E-state index contributed by atoms with van der Waals surface area (Å²) in [5, 5.41) is 2.67. The maximum Gasteiger partial charge on any atom is 0.287 e. The van der Waals surface area contributed by atoms with Crippen molar-refractivity contribution in [1.82, 2.24) is 5.32 Å². The van der Waals surface area contributed by atoms with Gasteiger partial charge in [0.15, 0.2) is 23.1 Å². The number of amides is 1. The first kappa shape index (κ1) is 17.8. The Balaban J connectivity index is 2.08. The Kier molecular flexibility index (Phi) is 5.48. The van der Waals surface area contributed by atoms with Crippen LogP contribution in [0.2, 0.25) is 0 Å². The van der Waals surface area contributed by atoms with E-state index in [1.54, 1.807) is 0 Å². The molecule has 1 amide bonds. The van der Waals surface area contributed by atoms with Crippen LogP contribution in [-0.4, -0.2) is 11.9 Å². The lowest BCUT2D eigenvalue weighted by Crippen LogP contribution is -2.31. The van der Waals surface area contributed by atoms with Gasteiger partial charge in [-0.1, -0.05) is 6.92 Å². The lowest BCUT2D eigenvalue weighted by Gasteiger charge is -2.09. The van der Waals surface area contributed by atoms with Crippen LogP contribution in [0.15, 0.2) is 22.6 Å². The van der Waals surface area contributed by atoms with Gasteiger partial charge in [-0.05, 0) is 25.5 Å². The van der Waals surface area contributed by atoms with Crippen LogP contribution in [0.1, 0.15) is 36.6 Å². The minimum absolute atomic E-state index is 0.0136. The number of carbonyl (C=O) groups excluding carboxylic acids is 1. The summed E-state index contributed by atoms with van der Waals surface area (Å²) in [4.78, 5) is 11.8. The third kappa shape index (κ3) is 3.87. The molecule has 24 heavy (non-hydrogen) atoms. The molecule has 130 valence electrons. The average molecular weight is 345 g/mol. The smallest absolute Gasteiger partial charge is 0.287 e. The number of hydrogen-bond acceptors (Lipinski definition) is 3. The van der Waals surface area contributed by atoms with Gasteiger partial charge in [-0.3, -0.25) is 4.79 Å². The van der Waals surface area contributed by atoms with E-state index in [9.17, 15) is 22.4 Å². The van der Waals surface area contributed by atoms with E-state index in [1.807, 2.05) is 13.8 Å². The highest BCUT2D eigenvalue weighted by molar-refractivity contribution is 5.91. The summed E-state index contributed by atoms with van der Waals surface area (Å²) in [5.41, 5.74) is 0. The summed E-state index contributed by atoms with van der Waals surface area (Å²) < 4.78 is 63.0. The van der Waals surface area contributed by atoms with Gasteiger partial charge in [-0.2, -0.15) is 8.78 Å². The van der Waals surface area contributed by atoms with E-state index in [0.717, 1.165) is 6.42 Å². The van der Waals surface area contributed by atoms with Gasteiger partial charge in [0.2, 0.25) is 11.6 Å². The number of rotatable bonds is 6. The second-order valence-corrected chi connectivity index (χ2v) is 5.13. The number of halogens is 4. The number of carbonyl (C=O) groups is 1. The Morgan fingerprint density at radius 1 is 1.21 bits per heavy atom. The largest absolute Gasteiger partial charge is 0.479 e. The second kappa shape index (κ2) is 7.37. The zero-order chi connectivity index (χ0) is 17.9. The first-order valence-electron chi connectivity index (χ1n) is 7.18. The molecule has 8 heteroatoms. The van der Waals surface area contributed by atoms with Crippen molar-refractivity contribution >= 4 is 5.91 Å². The lowest BCUT2D eigenvalue weighted by molar-refractivity contribution is 0.0906.